The van der Waals surface area contributed by atoms with Gasteiger partial charge in [0.15, 0.2) is 0 Å². The summed E-state index contributed by atoms with van der Waals surface area (Å²) in [6.45, 7) is 6.62. The number of hydrogen-bond acceptors (Lipinski definition) is 6. The van der Waals surface area contributed by atoms with Crippen LogP contribution in [0.25, 0.3) is 15.9 Å². The summed E-state index contributed by atoms with van der Waals surface area (Å²) in [7, 11) is 2.80. The van der Waals surface area contributed by atoms with Gasteiger partial charge in [-0.1, -0.05) is 42.0 Å². The standard InChI is InChI=1S/C30H32N3O4PS/c1-19-5-6-22(26(38)13-19)18-37-23-4-2-3-21(14-23)20-7-10-32(11-8-20)17-28-31-29-25(15-27(39-29)30(34)35)33(28)16-24-9-12-36-24/h2-7,13-15,24H,8-12,16-18,38H2,1H3,(H,34,35). The SMILES string of the molecule is Cc1ccc(COc2cccc(C3=CCN(Cc4nc5sc(C(=O)O)cc5n4CC4CCO4)CC3)c2)c(P)c1. The Morgan fingerprint density at radius 1 is 1.26 bits per heavy atom. The third-order valence-corrected chi connectivity index (χ3v) is 9.02. The van der Waals surface area contributed by atoms with E-state index in [1.54, 1.807) is 6.07 Å². The predicted octanol–water partition coefficient (Wildman–Crippen LogP) is 5.26. The fourth-order valence-corrected chi connectivity index (χ4v) is 6.47. The van der Waals surface area contributed by atoms with Gasteiger partial charge in [-0.25, -0.2) is 9.78 Å². The van der Waals surface area contributed by atoms with Crippen molar-refractivity contribution in [1.82, 2.24) is 14.5 Å². The lowest BCUT2D eigenvalue weighted by Gasteiger charge is -2.29. The zero-order valence-electron chi connectivity index (χ0n) is 21.9. The van der Waals surface area contributed by atoms with Crippen molar-refractivity contribution >= 4 is 47.8 Å². The first kappa shape index (κ1) is 26.2. The molecule has 9 heteroatoms. The third-order valence-electron chi connectivity index (χ3n) is 7.48. The maximum atomic E-state index is 11.5. The number of nitrogens with zero attached hydrogens (tertiary/aromatic N) is 3. The van der Waals surface area contributed by atoms with Gasteiger partial charge in [0.25, 0.3) is 0 Å². The van der Waals surface area contributed by atoms with Crippen LogP contribution in [0.1, 0.15) is 45.0 Å². The first-order valence-electron chi connectivity index (χ1n) is 13.3. The minimum absolute atomic E-state index is 0.172. The summed E-state index contributed by atoms with van der Waals surface area (Å²) in [6.07, 6.45) is 4.44. The average Bonchev–Trinajstić information content (AvgIpc) is 3.45. The number of carbonyl (C=O) groups is 1. The molecule has 2 aliphatic heterocycles. The maximum Gasteiger partial charge on any atom is 0.346 e. The monoisotopic (exact) mass is 561 g/mol. The molecule has 4 heterocycles. The molecule has 0 radical (unpaired) electrons. The molecule has 2 atom stereocenters. The van der Waals surface area contributed by atoms with Gasteiger partial charge in [-0.2, -0.15) is 0 Å². The summed E-state index contributed by atoms with van der Waals surface area (Å²) in [5.74, 6) is 0.945. The molecule has 2 aromatic carbocycles. The quantitative estimate of drug-likeness (QED) is 0.281. The maximum absolute atomic E-state index is 11.5. The van der Waals surface area contributed by atoms with Gasteiger partial charge in [-0.3, -0.25) is 4.90 Å². The highest BCUT2D eigenvalue weighted by Crippen LogP contribution is 2.30. The van der Waals surface area contributed by atoms with Crippen molar-refractivity contribution in [3.05, 3.63) is 82.0 Å². The second-order valence-corrected chi connectivity index (χ2v) is 11.9. The summed E-state index contributed by atoms with van der Waals surface area (Å²) in [6, 6.07) is 16.5. The highest BCUT2D eigenvalue weighted by atomic mass is 32.1. The molecule has 6 rings (SSSR count). The fourth-order valence-electron chi connectivity index (χ4n) is 5.13. The molecule has 1 N–H and O–H groups in total. The molecule has 39 heavy (non-hydrogen) atoms. The molecule has 2 aromatic heterocycles. The van der Waals surface area contributed by atoms with E-state index in [4.69, 9.17) is 14.5 Å². The summed E-state index contributed by atoms with van der Waals surface area (Å²) in [4.78, 5) is 19.8. The Balaban J connectivity index is 1.13. The molecule has 1 fully saturated rings. The van der Waals surface area contributed by atoms with E-state index in [0.717, 1.165) is 61.0 Å². The molecule has 7 nitrogen and oxygen atoms in total. The molecule has 4 aromatic rings. The molecule has 0 aliphatic carbocycles. The van der Waals surface area contributed by atoms with Crippen LogP contribution in [0.15, 0.2) is 54.6 Å². The van der Waals surface area contributed by atoms with E-state index in [2.05, 4.69) is 68.1 Å². The Morgan fingerprint density at radius 2 is 2.13 bits per heavy atom. The number of imidazole rings is 1. The largest absolute Gasteiger partial charge is 0.489 e. The molecule has 2 aliphatic rings. The Kier molecular flexibility index (Phi) is 7.54. The molecular formula is C30H32N3O4PS. The number of aromatic nitrogens is 2. The van der Waals surface area contributed by atoms with Gasteiger partial charge in [0.05, 0.1) is 24.7 Å². The van der Waals surface area contributed by atoms with Crippen LogP contribution >= 0.6 is 20.6 Å². The molecule has 0 spiro atoms. The molecule has 0 bridgehead atoms. The summed E-state index contributed by atoms with van der Waals surface area (Å²) in [5, 5.41) is 10.6. The number of aromatic carboxylic acids is 1. The molecule has 202 valence electrons. The second kappa shape index (κ2) is 11.2. The summed E-state index contributed by atoms with van der Waals surface area (Å²) < 4.78 is 14.0. The van der Waals surface area contributed by atoms with E-state index < -0.39 is 5.97 Å². The van der Waals surface area contributed by atoms with Gasteiger partial charge < -0.3 is 19.1 Å². The first-order chi connectivity index (χ1) is 18.9. The minimum Gasteiger partial charge on any atom is -0.489 e. The van der Waals surface area contributed by atoms with Gasteiger partial charge >= 0.3 is 5.97 Å². The summed E-state index contributed by atoms with van der Waals surface area (Å²) >= 11 is 1.24. The Hall–Kier alpha value is -3.03. The van der Waals surface area contributed by atoms with Crippen molar-refractivity contribution in [3.63, 3.8) is 0 Å². The Morgan fingerprint density at radius 3 is 2.85 bits per heavy atom. The minimum atomic E-state index is -0.904. The smallest absolute Gasteiger partial charge is 0.346 e. The number of thiophene rings is 1. The van der Waals surface area contributed by atoms with E-state index in [9.17, 15) is 9.90 Å². The van der Waals surface area contributed by atoms with E-state index >= 15 is 0 Å². The normalized spacial score (nSPS) is 17.7. The van der Waals surface area contributed by atoms with Gasteiger partial charge in [0.2, 0.25) is 0 Å². The van der Waals surface area contributed by atoms with Crippen molar-refractivity contribution in [2.24, 2.45) is 0 Å². The van der Waals surface area contributed by atoms with Crippen molar-refractivity contribution < 1.29 is 19.4 Å². The first-order valence-corrected chi connectivity index (χ1v) is 14.7. The highest BCUT2D eigenvalue weighted by Gasteiger charge is 2.25. The van der Waals surface area contributed by atoms with Crippen molar-refractivity contribution in [3.8, 4) is 5.75 Å². The lowest BCUT2D eigenvalue weighted by molar-refractivity contribution is -0.0591. The number of ether oxygens (including phenoxy) is 2. The number of carboxylic acid groups (broad SMARTS) is 1. The predicted molar refractivity (Wildman–Crippen MR) is 158 cm³/mol. The van der Waals surface area contributed by atoms with E-state index in [1.165, 1.54) is 38.9 Å². The molecule has 1 saturated heterocycles. The molecular weight excluding hydrogens is 529 g/mol. The molecule has 0 saturated carbocycles. The fraction of sp³-hybridized carbons (Fsp3) is 0.333. The number of rotatable bonds is 9. The summed E-state index contributed by atoms with van der Waals surface area (Å²) in [5.41, 5.74) is 5.84. The van der Waals surface area contributed by atoms with Crippen LogP contribution < -0.4 is 10.0 Å². The molecule has 2 unspecified atom stereocenters. The Bertz CT molecular complexity index is 1560. The van der Waals surface area contributed by atoms with Crippen LogP contribution in [0.2, 0.25) is 0 Å². The lowest BCUT2D eigenvalue weighted by atomic mass is 9.99. The van der Waals surface area contributed by atoms with E-state index in [-0.39, 0.29) is 6.10 Å². The average molecular weight is 562 g/mol. The third kappa shape index (κ3) is 5.80. The van der Waals surface area contributed by atoms with Crippen LogP contribution in [0.3, 0.4) is 0 Å². The van der Waals surface area contributed by atoms with Crippen LogP contribution in [-0.2, 0) is 24.4 Å². The number of aryl methyl sites for hydroxylation is 1. The second-order valence-electron chi connectivity index (χ2n) is 10.3. The number of hydrogen-bond donors (Lipinski definition) is 1. The van der Waals surface area contributed by atoms with Crippen molar-refractivity contribution in [2.75, 3.05) is 19.7 Å². The number of carboxylic acids is 1. The number of benzene rings is 2. The van der Waals surface area contributed by atoms with Gasteiger partial charge in [-0.15, -0.1) is 20.6 Å². The van der Waals surface area contributed by atoms with Crippen LogP contribution in [0.5, 0.6) is 5.75 Å². The van der Waals surface area contributed by atoms with Crippen LogP contribution in [0.4, 0.5) is 0 Å². The zero-order valence-corrected chi connectivity index (χ0v) is 23.9. The van der Waals surface area contributed by atoms with Gasteiger partial charge in [0.1, 0.15) is 27.9 Å². The zero-order chi connectivity index (χ0) is 26.9. The van der Waals surface area contributed by atoms with Gasteiger partial charge in [0, 0.05) is 19.7 Å². The highest BCUT2D eigenvalue weighted by molar-refractivity contribution is 7.27. The lowest BCUT2D eigenvalue weighted by Crippen LogP contribution is -2.33. The topological polar surface area (TPSA) is 76.8 Å². The van der Waals surface area contributed by atoms with Crippen molar-refractivity contribution in [2.45, 2.75) is 45.6 Å². The van der Waals surface area contributed by atoms with Crippen LogP contribution in [0, 0.1) is 6.92 Å². The van der Waals surface area contributed by atoms with Gasteiger partial charge in [-0.05, 0) is 60.0 Å². The Labute approximate surface area is 234 Å². The van der Waals surface area contributed by atoms with Crippen LogP contribution in [-0.4, -0.2) is 51.3 Å². The van der Waals surface area contributed by atoms with E-state index in [0.29, 0.717) is 18.0 Å². The van der Waals surface area contributed by atoms with E-state index in [1.807, 2.05) is 6.07 Å². The number of fused-ring (bicyclic) bond motifs is 1. The van der Waals surface area contributed by atoms with Crippen molar-refractivity contribution in [1.29, 1.82) is 0 Å². The molecule has 0 amide bonds.